The van der Waals surface area contributed by atoms with Crippen LogP contribution in [0.1, 0.15) is 44.1 Å². The van der Waals surface area contributed by atoms with Gasteiger partial charge in [0.05, 0.1) is 0 Å². The van der Waals surface area contributed by atoms with E-state index in [2.05, 4.69) is 21.2 Å². The molecule has 5 heteroatoms. The number of amides is 2. The van der Waals surface area contributed by atoms with Crippen molar-refractivity contribution in [1.29, 1.82) is 0 Å². The van der Waals surface area contributed by atoms with E-state index in [1.54, 1.807) is 0 Å². The number of nitrogens with one attached hydrogen (secondary N) is 1. The molecule has 4 saturated carbocycles. The highest BCUT2D eigenvalue weighted by molar-refractivity contribution is 9.10. The van der Waals surface area contributed by atoms with Crippen LogP contribution in [0.5, 0.6) is 0 Å². The Balaban J connectivity index is 1.49. The first-order valence-electron chi connectivity index (χ1n) is 9.28. The molecule has 0 saturated heterocycles. The molecule has 0 spiro atoms. The number of hydrogen-bond donors (Lipinski definition) is 2. The van der Waals surface area contributed by atoms with Crippen LogP contribution in [0.25, 0.3) is 0 Å². The van der Waals surface area contributed by atoms with Crippen LogP contribution in [-0.2, 0) is 16.0 Å². The van der Waals surface area contributed by atoms with E-state index in [9.17, 15) is 9.59 Å². The lowest BCUT2D eigenvalue weighted by Crippen LogP contribution is -2.57. The first-order chi connectivity index (χ1) is 11.9. The minimum atomic E-state index is -0.644. The second-order valence-corrected chi connectivity index (χ2v) is 9.38. The Morgan fingerprint density at radius 2 is 1.76 bits per heavy atom. The maximum absolute atomic E-state index is 13.1. The summed E-state index contributed by atoms with van der Waals surface area (Å²) in [6.45, 7) is 0. The molecule has 4 aliphatic carbocycles. The first-order valence-corrected chi connectivity index (χ1v) is 10.1. The largest absolute Gasteiger partial charge is 0.368 e. The van der Waals surface area contributed by atoms with Crippen molar-refractivity contribution in [2.24, 2.45) is 28.9 Å². The molecule has 4 bridgehead atoms. The van der Waals surface area contributed by atoms with Crippen LogP contribution < -0.4 is 11.1 Å². The summed E-state index contributed by atoms with van der Waals surface area (Å²) in [4.78, 5) is 25.1. The zero-order chi connectivity index (χ0) is 17.6. The highest BCUT2D eigenvalue weighted by Crippen LogP contribution is 2.60. The van der Waals surface area contributed by atoms with Crippen LogP contribution in [0.4, 0.5) is 0 Å². The summed E-state index contributed by atoms with van der Waals surface area (Å²) in [7, 11) is 0. The molecular weight excluding hydrogens is 380 g/mol. The Bertz CT molecular complexity index is 667. The molecule has 2 amide bonds. The average molecular weight is 405 g/mol. The SMILES string of the molecule is NC(=O)[C@H](Cc1cccc(Br)c1)NC(=O)C12CC3CC(CC(C3)C1)C2. The van der Waals surface area contributed by atoms with Crippen LogP contribution in [0.2, 0.25) is 0 Å². The molecule has 1 aromatic carbocycles. The third-order valence-corrected chi connectivity index (χ3v) is 6.99. The highest BCUT2D eigenvalue weighted by atomic mass is 79.9. The van der Waals surface area contributed by atoms with Gasteiger partial charge in [-0.1, -0.05) is 28.1 Å². The molecule has 0 radical (unpaired) electrons. The lowest BCUT2D eigenvalue weighted by molar-refractivity contribution is -0.148. The number of carbonyl (C=O) groups is 2. The van der Waals surface area contributed by atoms with Crippen LogP contribution in [-0.4, -0.2) is 17.9 Å². The van der Waals surface area contributed by atoms with Gasteiger partial charge in [-0.2, -0.15) is 0 Å². The number of carbonyl (C=O) groups excluding carboxylic acids is 2. The standard InChI is InChI=1S/C20H25BrN2O2/c21-16-3-1-2-12(7-16)8-17(18(22)24)23-19(25)20-9-13-4-14(10-20)6-15(5-13)11-20/h1-3,7,13-15,17H,4-6,8-11H2,(H2,22,24)(H,23,25)/t13?,14?,15?,17-,20?/m0/s1. The Morgan fingerprint density at radius 1 is 1.16 bits per heavy atom. The van der Waals surface area contributed by atoms with Crippen LogP contribution in [0.3, 0.4) is 0 Å². The highest BCUT2D eigenvalue weighted by Gasteiger charge is 2.54. The Kier molecular flexibility index (Phi) is 4.38. The molecular formula is C20H25BrN2O2. The summed E-state index contributed by atoms with van der Waals surface area (Å²) in [6.07, 6.45) is 7.30. The summed E-state index contributed by atoms with van der Waals surface area (Å²) in [5, 5.41) is 3.01. The summed E-state index contributed by atoms with van der Waals surface area (Å²) < 4.78 is 0.959. The number of rotatable bonds is 5. The smallest absolute Gasteiger partial charge is 0.240 e. The molecule has 1 aromatic rings. The van der Waals surface area contributed by atoms with Gasteiger partial charge in [0.25, 0.3) is 0 Å². The zero-order valence-electron chi connectivity index (χ0n) is 14.3. The van der Waals surface area contributed by atoms with Gasteiger partial charge >= 0.3 is 0 Å². The second-order valence-electron chi connectivity index (χ2n) is 8.46. The van der Waals surface area contributed by atoms with Gasteiger partial charge in [0.15, 0.2) is 0 Å². The molecule has 4 nitrogen and oxygen atoms in total. The van der Waals surface area contributed by atoms with Crippen LogP contribution >= 0.6 is 15.9 Å². The molecule has 0 aromatic heterocycles. The van der Waals surface area contributed by atoms with Gasteiger partial charge in [-0.25, -0.2) is 0 Å². The van der Waals surface area contributed by atoms with E-state index in [-0.39, 0.29) is 11.3 Å². The Morgan fingerprint density at radius 3 is 2.28 bits per heavy atom. The second kappa shape index (κ2) is 6.42. The number of hydrogen-bond acceptors (Lipinski definition) is 2. The third-order valence-electron chi connectivity index (χ3n) is 6.50. The summed E-state index contributed by atoms with van der Waals surface area (Å²) >= 11 is 3.44. The van der Waals surface area contributed by atoms with Crippen molar-refractivity contribution in [1.82, 2.24) is 5.32 Å². The van der Waals surface area contributed by atoms with Gasteiger partial charge in [0.1, 0.15) is 6.04 Å². The molecule has 134 valence electrons. The van der Waals surface area contributed by atoms with Crippen molar-refractivity contribution < 1.29 is 9.59 Å². The van der Waals surface area contributed by atoms with Gasteiger partial charge in [-0.15, -0.1) is 0 Å². The van der Waals surface area contributed by atoms with Crippen molar-refractivity contribution in [3.63, 3.8) is 0 Å². The molecule has 5 rings (SSSR count). The fourth-order valence-corrected chi connectivity index (χ4v) is 6.27. The van der Waals surface area contributed by atoms with Crippen molar-refractivity contribution in [3.8, 4) is 0 Å². The topological polar surface area (TPSA) is 72.2 Å². The normalized spacial score (nSPS) is 33.9. The first kappa shape index (κ1) is 17.1. The minimum Gasteiger partial charge on any atom is -0.368 e. The number of benzene rings is 1. The molecule has 1 atom stereocenters. The van der Waals surface area contributed by atoms with E-state index in [4.69, 9.17) is 5.73 Å². The molecule has 0 aliphatic heterocycles. The third kappa shape index (κ3) is 3.35. The van der Waals surface area contributed by atoms with Crippen molar-refractivity contribution >= 4 is 27.7 Å². The average Bonchev–Trinajstić information content (AvgIpc) is 2.52. The minimum absolute atomic E-state index is 0.0606. The fourth-order valence-electron chi connectivity index (χ4n) is 5.82. The van der Waals surface area contributed by atoms with E-state index < -0.39 is 11.9 Å². The van der Waals surface area contributed by atoms with Crippen molar-refractivity contribution in [2.45, 2.75) is 51.0 Å². The van der Waals surface area contributed by atoms with Crippen LogP contribution in [0, 0.1) is 23.2 Å². The Labute approximate surface area is 157 Å². The van der Waals surface area contributed by atoms with E-state index >= 15 is 0 Å². The lowest BCUT2D eigenvalue weighted by Gasteiger charge is -2.55. The quantitative estimate of drug-likeness (QED) is 0.790. The van der Waals surface area contributed by atoms with Gasteiger partial charge in [-0.3, -0.25) is 9.59 Å². The van der Waals surface area contributed by atoms with Crippen LogP contribution in [0.15, 0.2) is 28.7 Å². The van der Waals surface area contributed by atoms with E-state index in [0.717, 1.165) is 29.3 Å². The van der Waals surface area contributed by atoms with Crippen molar-refractivity contribution in [3.05, 3.63) is 34.3 Å². The maximum atomic E-state index is 13.1. The molecule has 3 N–H and O–H groups in total. The molecule has 0 unspecified atom stereocenters. The zero-order valence-corrected chi connectivity index (χ0v) is 15.9. The maximum Gasteiger partial charge on any atom is 0.240 e. The summed E-state index contributed by atoms with van der Waals surface area (Å²) in [6, 6.07) is 7.15. The van der Waals surface area contributed by atoms with E-state index in [1.807, 2.05) is 24.3 Å². The van der Waals surface area contributed by atoms with Crippen molar-refractivity contribution in [2.75, 3.05) is 0 Å². The molecule has 4 aliphatic rings. The van der Waals surface area contributed by atoms with Gasteiger partial charge < -0.3 is 11.1 Å². The Hall–Kier alpha value is -1.36. The van der Waals surface area contributed by atoms with E-state index in [0.29, 0.717) is 24.2 Å². The summed E-state index contributed by atoms with van der Waals surface area (Å²) in [5.74, 6) is 1.71. The molecule has 25 heavy (non-hydrogen) atoms. The lowest BCUT2D eigenvalue weighted by atomic mass is 9.49. The van der Waals surface area contributed by atoms with Gasteiger partial charge in [0, 0.05) is 16.3 Å². The number of nitrogens with two attached hydrogens (primary N) is 1. The summed E-state index contributed by atoms with van der Waals surface area (Å²) in [5.41, 5.74) is 6.34. The number of halogens is 1. The fraction of sp³-hybridized carbons (Fsp3) is 0.600. The van der Waals surface area contributed by atoms with Gasteiger partial charge in [0.2, 0.25) is 11.8 Å². The van der Waals surface area contributed by atoms with E-state index in [1.165, 1.54) is 19.3 Å². The molecule has 0 heterocycles. The predicted octanol–water partition coefficient (Wildman–Crippen LogP) is 3.18. The predicted molar refractivity (Wildman–Crippen MR) is 99.6 cm³/mol. The monoisotopic (exact) mass is 404 g/mol. The number of primary amides is 1. The van der Waals surface area contributed by atoms with Gasteiger partial charge in [-0.05, 0) is 74.0 Å². The molecule has 4 fully saturated rings.